The van der Waals surface area contributed by atoms with Gasteiger partial charge in [-0.05, 0) is 29.3 Å². The molecule has 1 unspecified atom stereocenters. The van der Waals surface area contributed by atoms with Gasteiger partial charge in [0.15, 0.2) is 0 Å². The van der Waals surface area contributed by atoms with E-state index in [4.69, 9.17) is 11.6 Å². The molecule has 0 spiro atoms. The Kier molecular flexibility index (Phi) is 3.76. The molecule has 0 aliphatic heterocycles. The fraction of sp³-hybridized carbons (Fsp3) is 0.444. The Bertz CT molecular complexity index is 241. The molecule has 1 nitrogen and oxygen atoms in total. The zero-order chi connectivity index (χ0) is 8.97. The summed E-state index contributed by atoms with van der Waals surface area (Å²) in [7, 11) is 0. The first-order valence-electron chi connectivity index (χ1n) is 3.85. The SMILES string of the molecule is CC(Cl)CC(=O)Cc1ccsc1. The third kappa shape index (κ3) is 3.37. The third-order valence-electron chi connectivity index (χ3n) is 1.49. The highest BCUT2D eigenvalue weighted by Crippen LogP contribution is 2.09. The molecule has 0 fully saturated rings. The van der Waals surface area contributed by atoms with Crippen LogP contribution in [0.1, 0.15) is 18.9 Å². The van der Waals surface area contributed by atoms with Crippen LogP contribution in [0.3, 0.4) is 0 Å². The number of carbonyl (C=O) groups is 1. The zero-order valence-electron chi connectivity index (χ0n) is 6.92. The number of ketones is 1. The molecule has 0 bridgehead atoms. The first-order chi connectivity index (χ1) is 5.68. The largest absolute Gasteiger partial charge is 0.299 e. The molecule has 0 radical (unpaired) electrons. The van der Waals surface area contributed by atoms with E-state index in [1.54, 1.807) is 11.3 Å². The van der Waals surface area contributed by atoms with Gasteiger partial charge >= 0.3 is 0 Å². The summed E-state index contributed by atoms with van der Waals surface area (Å²) in [4.78, 5) is 11.2. The Labute approximate surface area is 81.4 Å². The molecule has 12 heavy (non-hydrogen) atoms. The lowest BCUT2D eigenvalue weighted by atomic mass is 10.1. The Morgan fingerprint density at radius 2 is 2.50 bits per heavy atom. The molecule has 1 rings (SSSR count). The van der Waals surface area contributed by atoms with Gasteiger partial charge in [0, 0.05) is 18.2 Å². The topological polar surface area (TPSA) is 17.1 Å². The van der Waals surface area contributed by atoms with E-state index in [9.17, 15) is 4.79 Å². The smallest absolute Gasteiger partial charge is 0.138 e. The fourth-order valence-corrected chi connectivity index (χ4v) is 1.85. The van der Waals surface area contributed by atoms with Crippen molar-refractivity contribution in [3.63, 3.8) is 0 Å². The van der Waals surface area contributed by atoms with Gasteiger partial charge in [0.05, 0.1) is 0 Å². The van der Waals surface area contributed by atoms with Crippen LogP contribution in [0.2, 0.25) is 0 Å². The van der Waals surface area contributed by atoms with Crippen LogP contribution in [0.4, 0.5) is 0 Å². The molecule has 0 aliphatic carbocycles. The molecule has 0 aromatic carbocycles. The van der Waals surface area contributed by atoms with Gasteiger partial charge in [0.25, 0.3) is 0 Å². The first-order valence-corrected chi connectivity index (χ1v) is 5.23. The number of Topliss-reactive ketones (excluding diaryl/α,β-unsaturated/α-hetero) is 1. The number of carbonyl (C=O) groups excluding carboxylic acids is 1. The summed E-state index contributed by atoms with van der Waals surface area (Å²) in [5.41, 5.74) is 1.10. The highest BCUT2D eigenvalue weighted by atomic mass is 35.5. The van der Waals surface area contributed by atoms with Crippen LogP contribution in [-0.4, -0.2) is 11.2 Å². The standard InChI is InChI=1S/C9H11ClOS/c1-7(10)4-9(11)5-8-2-3-12-6-8/h2-3,6-7H,4-5H2,1H3. The average molecular weight is 203 g/mol. The second-order valence-electron chi connectivity index (χ2n) is 2.83. The molecule has 0 saturated carbocycles. The zero-order valence-corrected chi connectivity index (χ0v) is 8.49. The van der Waals surface area contributed by atoms with Crippen molar-refractivity contribution >= 4 is 28.7 Å². The van der Waals surface area contributed by atoms with Crippen molar-refractivity contribution in [2.45, 2.75) is 25.1 Å². The number of halogens is 1. The lowest BCUT2D eigenvalue weighted by Gasteiger charge is -1.99. The number of hydrogen-bond acceptors (Lipinski definition) is 2. The van der Waals surface area contributed by atoms with Crippen molar-refractivity contribution in [3.05, 3.63) is 22.4 Å². The Morgan fingerprint density at radius 3 is 3.00 bits per heavy atom. The second kappa shape index (κ2) is 4.63. The normalized spacial score (nSPS) is 12.8. The van der Waals surface area contributed by atoms with E-state index in [0.717, 1.165) is 5.56 Å². The molecular formula is C9H11ClOS. The van der Waals surface area contributed by atoms with Crippen LogP contribution < -0.4 is 0 Å². The number of hydrogen-bond donors (Lipinski definition) is 0. The molecule has 0 N–H and O–H groups in total. The van der Waals surface area contributed by atoms with Crippen LogP contribution >= 0.6 is 22.9 Å². The van der Waals surface area contributed by atoms with E-state index >= 15 is 0 Å². The van der Waals surface area contributed by atoms with Crippen LogP contribution in [0.25, 0.3) is 0 Å². The van der Waals surface area contributed by atoms with E-state index in [1.807, 2.05) is 23.8 Å². The minimum absolute atomic E-state index is 0.0452. The van der Waals surface area contributed by atoms with Gasteiger partial charge in [-0.3, -0.25) is 4.79 Å². The third-order valence-corrected chi connectivity index (χ3v) is 2.38. The lowest BCUT2D eigenvalue weighted by molar-refractivity contribution is -0.118. The number of rotatable bonds is 4. The number of thiophene rings is 1. The van der Waals surface area contributed by atoms with E-state index in [2.05, 4.69) is 0 Å². The molecular weight excluding hydrogens is 192 g/mol. The van der Waals surface area contributed by atoms with Crippen molar-refractivity contribution < 1.29 is 4.79 Å². The lowest BCUT2D eigenvalue weighted by Crippen LogP contribution is -2.07. The maximum Gasteiger partial charge on any atom is 0.138 e. The van der Waals surface area contributed by atoms with Crippen LogP contribution in [-0.2, 0) is 11.2 Å². The molecule has 1 atom stereocenters. The van der Waals surface area contributed by atoms with Gasteiger partial charge in [-0.25, -0.2) is 0 Å². The van der Waals surface area contributed by atoms with E-state index in [1.165, 1.54) is 0 Å². The minimum Gasteiger partial charge on any atom is -0.299 e. The fourth-order valence-electron chi connectivity index (χ4n) is 1.01. The highest BCUT2D eigenvalue weighted by molar-refractivity contribution is 7.07. The average Bonchev–Trinajstić information content (AvgIpc) is 2.37. The second-order valence-corrected chi connectivity index (χ2v) is 4.36. The first kappa shape index (κ1) is 9.75. The summed E-state index contributed by atoms with van der Waals surface area (Å²) < 4.78 is 0. The summed E-state index contributed by atoms with van der Waals surface area (Å²) in [6, 6.07) is 1.97. The molecule has 1 aromatic rings. The predicted molar refractivity (Wildman–Crippen MR) is 53.0 cm³/mol. The number of alkyl halides is 1. The van der Waals surface area contributed by atoms with Gasteiger partial charge < -0.3 is 0 Å². The van der Waals surface area contributed by atoms with Crippen molar-refractivity contribution in [2.75, 3.05) is 0 Å². The van der Waals surface area contributed by atoms with Gasteiger partial charge in [0.2, 0.25) is 0 Å². The van der Waals surface area contributed by atoms with E-state index in [-0.39, 0.29) is 11.2 Å². The molecule has 66 valence electrons. The highest BCUT2D eigenvalue weighted by Gasteiger charge is 2.07. The Hall–Kier alpha value is -0.340. The van der Waals surface area contributed by atoms with Crippen LogP contribution in [0, 0.1) is 0 Å². The van der Waals surface area contributed by atoms with Crippen LogP contribution in [0.5, 0.6) is 0 Å². The van der Waals surface area contributed by atoms with Crippen molar-refractivity contribution in [3.8, 4) is 0 Å². The van der Waals surface area contributed by atoms with Crippen molar-refractivity contribution in [2.24, 2.45) is 0 Å². The van der Waals surface area contributed by atoms with Gasteiger partial charge in [-0.2, -0.15) is 11.3 Å². The Balaban J connectivity index is 2.37. The summed E-state index contributed by atoms with van der Waals surface area (Å²) in [5, 5.41) is 3.93. The van der Waals surface area contributed by atoms with E-state index < -0.39 is 0 Å². The molecule has 0 aliphatic rings. The van der Waals surface area contributed by atoms with Gasteiger partial charge in [-0.15, -0.1) is 11.6 Å². The summed E-state index contributed by atoms with van der Waals surface area (Å²) in [5.74, 6) is 0.218. The summed E-state index contributed by atoms with van der Waals surface area (Å²) >= 11 is 7.31. The maximum absolute atomic E-state index is 11.2. The van der Waals surface area contributed by atoms with E-state index in [0.29, 0.717) is 12.8 Å². The summed E-state index contributed by atoms with van der Waals surface area (Å²) in [6.07, 6.45) is 0.998. The summed E-state index contributed by atoms with van der Waals surface area (Å²) in [6.45, 7) is 1.84. The molecule has 0 saturated heterocycles. The van der Waals surface area contributed by atoms with Crippen molar-refractivity contribution in [1.29, 1.82) is 0 Å². The molecule has 3 heteroatoms. The van der Waals surface area contributed by atoms with Crippen LogP contribution in [0.15, 0.2) is 16.8 Å². The Morgan fingerprint density at radius 1 is 1.75 bits per heavy atom. The quantitative estimate of drug-likeness (QED) is 0.687. The molecule has 1 aromatic heterocycles. The van der Waals surface area contributed by atoms with Gasteiger partial charge in [-0.1, -0.05) is 0 Å². The van der Waals surface area contributed by atoms with Gasteiger partial charge in [0.1, 0.15) is 5.78 Å². The monoisotopic (exact) mass is 202 g/mol. The molecule has 0 amide bonds. The van der Waals surface area contributed by atoms with Crippen molar-refractivity contribution in [1.82, 2.24) is 0 Å². The maximum atomic E-state index is 11.2. The minimum atomic E-state index is -0.0452. The molecule has 1 heterocycles. The predicted octanol–water partition coefficient (Wildman–Crippen LogP) is 2.88.